The standard InChI is InChI=1S/C24H28Cl2N4O5S/c25-18-1-6-22(23(26)13-18)24(16-28-8-7-27-17-28)34-15-21(35-24)14-33-20-4-2-19(3-5-20)29-9-11-30(12-10-29)36(31)32/h1-2,4,6-8,13,17,21H,3,5,9-12,14-16H2,(H,31,32). The average molecular weight is 555 g/mol. The summed E-state index contributed by atoms with van der Waals surface area (Å²) in [6.45, 7) is 3.72. The molecule has 0 bridgehead atoms. The molecule has 2 fully saturated rings. The van der Waals surface area contributed by atoms with Crippen LogP contribution in [0.5, 0.6) is 0 Å². The third-order valence-electron chi connectivity index (χ3n) is 6.56. The minimum absolute atomic E-state index is 0.279. The number of hydrogen-bond acceptors (Lipinski definition) is 6. The van der Waals surface area contributed by atoms with E-state index in [9.17, 15) is 8.76 Å². The van der Waals surface area contributed by atoms with Crippen molar-refractivity contribution in [3.05, 3.63) is 76.1 Å². The lowest BCUT2D eigenvalue weighted by Gasteiger charge is -2.36. The lowest BCUT2D eigenvalue weighted by atomic mass is 10.1. The van der Waals surface area contributed by atoms with Crippen molar-refractivity contribution < 1.29 is 23.0 Å². The molecular weight excluding hydrogens is 527 g/mol. The van der Waals surface area contributed by atoms with Gasteiger partial charge >= 0.3 is 0 Å². The van der Waals surface area contributed by atoms with Crippen LogP contribution in [0.3, 0.4) is 0 Å². The summed E-state index contributed by atoms with van der Waals surface area (Å²) in [4.78, 5) is 6.39. The van der Waals surface area contributed by atoms with Crippen LogP contribution in [-0.2, 0) is 37.8 Å². The predicted molar refractivity (Wildman–Crippen MR) is 136 cm³/mol. The number of rotatable bonds is 8. The second-order valence-corrected chi connectivity index (χ2v) is 10.7. The van der Waals surface area contributed by atoms with E-state index in [0.717, 1.165) is 31.7 Å². The second-order valence-electron chi connectivity index (χ2n) is 8.91. The zero-order valence-electron chi connectivity index (χ0n) is 19.6. The highest BCUT2D eigenvalue weighted by atomic mass is 35.5. The lowest BCUT2D eigenvalue weighted by Crippen LogP contribution is -2.46. The lowest BCUT2D eigenvalue weighted by molar-refractivity contribution is -0.190. The van der Waals surface area contributed by atoms with E-state index in [4.69, 9.17) is 37.4 Å². The molecule has 2 saturated heterocycles. The van der Waals surface area contributed by atoms with Gasteiger partial charge in [-0.05, 0) is 30.7 Å². The topological polar surface area (TPSA) is 89.3 Å². The van der Waals surface area contributed by atoms with Gasteiger partial charge in [-0.3, -0.25) is 4.55 Å². The fourth-order valence-electron chi connectivity index (χ4n) is 4.70. The SMILES string of the molecule is O=S(O)N1CCN(C2=CC=C(OCC3COC(Cn4ccnc4)(c4ccc(Cl)cc4Cl)O3)CC2)CC1. The number of hydrogen-bond donors (Lipinski definition) is 1. The highest BCUT2D eigenvalue weighted by molar-refractivity contribution is 7.76. The van der Waals surface area contributed by atoms with Crippen LogP contribution < -0.4 is 0 Å². The van der Waals surface area contributed by atoms with Gasteiger partial charge in [-0.25, -0.2) is 9.19 Å². The summed E-state index contributed by atoms with van der Waals surface area (Å²) in [6, 6.07) is 5.29. The van der Waals surface area contributed by atoms with E-state index >= 15 is 0 Å². The zero-order valence-corrected chi connectivity index (χ0v) is 21.9. The summed E-state index contributed by atoms with van der Waals surface area (Å²) in [5, 5.41) is 1.02. The number of halogens is 2. The number of piperazine rings is 1. The van der Waals surface area contributed by atoms with E-state index in [0.29, 0.717) is 48.5 Å². The molecule has 3 aliphatic rings. The smallest absolute Gasteiger partial charge is 0.234 e. The molecule has 3 heterocycles. The van der Waals surface area contributed by atoms with Crippen molar-refractivity contribution in [3.63, 3.8) is 0 Å². The highest BCUT2D eigenvalue weighted by Crippen LogP contribution is 2.40. The maximum atomic E-state index is 11.2. The van der Waals surface area contributed by atoms with Crippen molar-refractivity contribution in [2.24, 2.45) is 0 Å². The largest absolute Gasteiger partial charge is 0.495 e. The molecule has 0 spiro atoms. The Morgan fingerprint density at radius 2 is 2.03 bits per heavy atom. The molecule has 1 aromatic carbocycles. The van der Waals surface area contributed by atoms with Crippen LogP contribution >= 0.6 is 23.2 Å². The molecule has 5 rings (SSSR count). The average Bonchev–Trinajstić information content (AvgIpc) is 3.54. The Balaban J connectivity index is 1.21. The molecule has 36 heavy (non-hydrogen) atoms. The van der Waals surface area contributed by atoms with E-state index in [2.05, 4.69) is 16.0 Å². The van der Waals surface area contributed by atoms with Crippen molar-refractivity contribution in [2.45, 2.75) is 31.3 Å². The Bertz CT molecular complexity index is 1150. The van der Waals surface area contributed by atoms with Crippen LogP contribution in [0.15, 0.2) is 60.5 Å². The van der Waals surface area contributed by atoms with E-state index in [1.165, 1.54) is 5.70 Å². The van der Waals surface area contributed by atoms with Gasteiger partial charge in [0.2, 0.25) is 17.1 Å². The second kappa shape index (κ2) is 11.2. The minimum atomic E-state index is -1.90. The molecule has 3 atom stereocenters. The Labute approximate surface area is 222 Å². The van der Waals surface area contributed by atoms with Crippen LogP contribution in [0.1, 0.15) is 18.4 Å². The van der Waals surface area contributed by atoms with Gasteiger partial charge < -0.3 is 23.7 Å². The highest BCUT2D eigenvalue weighted by Gasteiger charge is 2.45. The Kier molecular flexibility index (Phi) is 8.02. The fourth-order valence-corrected chi connectivity index (χ4v) is 5.73. The van der Waals surface area contributed by atoms with Crippen LogP contribution in [-0.4, -0.2) is 73.0 Å². The van der Waals surface area contributed by atoms with Crippen molar-refractivity contribution in [3.8, 4) is 0 Å². The number of allylic oxidation sites excluding steroid dienone is 4. The molecule has 2 aromatic rings. The molecular formula is C24H28Cl2N4O5S. The third-order valence-corrected chi connectivity index (χ3v) is 7.92. The first kappa shape index (κ1) is 25.7. The Morgan fingerprint density at radius 3 is 2.69 bits per heavy atom. The molecule has 1 N–H and O–H groups in total. The predicted octanol–water partition coefficient (Wildman–Crippen LogP) is 3.79. The van der Waals surface area contributed by atoms with Gasteiger partial charge in [0.15, 0.2) is 0 Å². The maximum Gasteiger partial charge on any atom is 0.234 e. The van der Waals surface area contributed by atoms with Crippen molar-refractivity contribution in [2.75, 3.05) is 39.4 Å². The number of benzene rings is 1. The molecule has 194 valence electrons. The van der Waals surface area contributed by atoms with Crippen LogP contribution in [0, 0.1) is 0 Å². The van der Waals surface area contributed by atoms with Gasteiger partial charge in [-0.1, -0.05) is 29.3 Å². The molecule has 2 aliphatic heterocycles. The zero-order chi connectivity index (χ0) is 25.1. The number of nitrogens with zero attached hydrogens (tertiary/aromatic N) is 4. The summed E-state index contributed by atoms with van der Waals surface area (Å²) in [6.07, 6.45) is 10.7. The van der Waals surface area contributed by atoms with E-state index in [1.54, 1.807) is 29.0 Å². The van der Waals surface area contributed by atoms with Crippen LogP contribution in [0.25, 0.3) is 0 Å². The van der Waals surface area contributed by atoms with E-state index < -0.39 is 17.1 Å². The van der Waals surface area contributed by atoms with Crippen molar-refractivity contribution in [1.29, 1.82) is 0 Å². The summed E-state index contributed by atoms with van der Waals surface area (Å²) < 4.78 is 42.7. The van der Waals surface area contributed by atoms with Gasteiger partial charge in [0.05, 0.1) is 30.3 Å². The summed E-state index contributed by atoms with van der Waals surface area (Å²) in [5.74, 6) is -0.181. The molecule has 12 heteroatoms. The molecule has 1 aliphatic carbocycles. The van der Waals surface area contributed by atoms with Gasteiger partial charge in [0, 0.05) is 61.3 Å². The van der Waals surface area contributed by atoms with Crippen molar-refractivity contribution in [1.82, 2.24) is 18.8 Å². The third kappa shape index (κ3) is 5.80. The monoisotopic (exact) mass is 554 g/mol. The van der Waals surface area contributed by atoms with E-state index in [-0.39, 0.29) is 6.10 Å². The molecule has 0 amide bonds. The van der Waals surface area contributed by atoms with Gasteiger partial charge in [0.25, 0.3) is 0 Å². The maximum absolute atomic E-state index is 11.2. The number of aromatic nitrogens is 2. The Hall–Kier alpha value is -1.92. The molecule has 0 radical (unpaired) electrons. The summed E-state index contributed by atoms with van der Waals surface area (Å²) in [7, 11) is 0. The van der Waals surface area contributed by atoms with Gasteiger partial charge in [-0.15, -0.1) is 0 Å². The first-order chi connectivity index (χ1) is 17.4. The fraction of sp³-hybridized carbons (Fsp3) is 0.458. The van der Waals surface area contributed by atoms with Crippen molar-refractivity contribution >= 4 is 34.5 Å². The molecule has 3 unspecified atom stereocenters. The van der Waals surface area contributed by atoms with E-state index in [1.807, 2.05) is 22.9 Å². The van der Waals surface area contributed by atoms with Crippen LogP contribution in [0.2, 0.25) is 10.0 Å². The summed E-state index contributed by atoms with van der Waals surface area (Å²) >= 11 is 10.8. The summed E-state index contributed by atoms with van der Waals surface area (Å²) in [5.41, 5.74) is 1.93. The first-order valence-corrected chi connectivity index (χ1v) is 13.6. The number of ether oxygens (including phenoxy) is 3. The van der Waals surface area contributed by atoms with Gasteiger partial charge in [-0.2, -0.15) is 4.31 Å². The Morgan fingerprint density at radius 1 is 1.19 bits per heavy atom. The minimum Gasteiger partial charge on any atom is -0.495 e. The van der Waals surface area contributed by atoms with Gasteiger partial charge in [0.1, 0.15) is 12.7 Å². The molecule has 0 saturated carbocycles. The normalized spacial score (nSPS) is 26.0. The first-order valence-electron chi connectivity index (χ1n) is 11.8. The quantitative estimate of drug-likeness (QED) is 0.496. The van der Waals surface area contributed by atoms with Crippen LogP contribution in [0.4, 0.5) is 0 Å². The number of imidazole rings is 1. The molecule has 9 nitrogen and oxygen atoms in total. The molecule has 1 aromatic heterocycles.